The Bertz CT molecular complexity index is 1070. The minimum atomic E-state index is -0.606. The van der Waals surface area contributed by atoms with Crippen molar-refractivity contribution in [2.45, 2.75) is 0 Å². The molecule has 0 aliphatic heterocycles. The molecule has 2 amide bonds. The van der Waals surface area contributed by atoms with Crippen molar-refractivity contribution in [1.82, 2.24) is 15.3 Å². The molecule has 0 radical (unpaired) electrons. The van der Waals surface area contributed by atoms with Crippen LogP contribution in [0.2, 0.25) is 0 Å². The van der Waals surface area contributed by atoms with Crippen LogP contribution in [0.5, 0.6) is 0 Å². The molecule has 10 heteroatoms. The Morgan fingerprint density at radius 2 is 1.85 bits per heavy atom. The minimum Gasteiger partial charge on any atom is -0.343 e. The van der Waals surface area contributed by atoms with Crippen molar-refractivity contribution >= 4 is 34.2 Å². The summed E-state index contributed by atoms with van der Waals surface area (Å²) in [5.74, 6) is -1.09. The van der Waals surface area contributed by atoms with Crippen LogP contribution < -0.4 is 16.3 Å². The Morgan fingerprint density at radius 3 is 2.62 bits per heavy atom. The van der Waals surface area contributed by atoms with Gasteiger partial charge in [0.2, 0.25) is 5.91 Å². The third-order valence-corrected chi connectivity index (χ3v) is 3.53. The summed E-state index contributed by atoms with van der Waals surface area (Å²) in [4.78, 5) is 50.4. The first kappa shape index (κ1) is 16.9. The Balaban J connectivity index is 1.60. The smallest absolute Gasteiger partial charge is 0.323 e. The molecule has 1 aromatic heterocycles. The van der Waals surface area contributed by atoms with Gasteiger partial charge < -0.3 is 20.6 Å². The van der Waals surface area contributed by atoms with Crippen LogP contribution in [-0.2, 0) is 4.79 Å². The molecule has 132 valence electrons. The highest BCUT2D eigenvalue weighted by molar-refractivity contribution is 6.00. The highest BCUT2D eigenvalue weighted by Gasteiger charge is 2.12. The van der Waals surface area contributed by atoms with E-state index < -0.39 is 16.7 Å². The SMILES string of the molecule is O=C(CNC(=O)c1cccc([N+](=O)[O-])c1)Nc1ccc2[nH]c(=O)[nH]c2c1. The summed E-state index contributed by atoms with van der Waals surface area (Å²) in [6, 6.07) is 10.0. The number of H-pyrrole nitrogens is 2. The lowest BCUT2D eigenvalue weighted by molar-refractivity contribution is -0.384. The molecule has 0 aliphatic rings. The normalized spacial score (nSPS) is 10.5. The van der Waals surface area contributed by atoms with Crippen molar-refractivity contribution in [3.05, 3.63) is 68.6 Å². The number of nitrogens with one attached hydrogen (secondary N) is 4. The molecule has 0 atom stereocenters. The predicted octanol–water partition coefficient (Wildman–Crippen LogP) is 1.13. The molecule has 0 aliphatic carbocycles. The number of anilines is 1. The Hall–Kier alpha value is -3.95. The van der Waals surface area contributed by atoms with Gasteiger partial charge in [-0.05, 0) is 24.3 Å². The van der Waals surface area contributed by atoms with Gasteiger partial charge >= 0.3 is 5.69 Å². The molecule has 10 nitrogen and oxygen atoms in total. The minimum absolute atomic E-state index is 0.0818. The molecule has 0 saturated heterocycles. The third kappa shape index (κ3) is 3.75. The number of imidazole rings is 1. The van der Waals surface area contributed by atoms with Gasteiger partial charge in [0.15, 0.2) is 0 Å². The lowest BCUT2D eigenvalue weighted by Gasteiger charge is -2.07. The second kappa shape index (κ2) is 6.89. The number of amides is 2. The third-order valence-electron chi connectivity index (χ3n) is 3.53. The number of benzene rings is 2. The maximum atomic E-state index is 12.0. The molecule has 2 aromatic carbocycles. The van der Waals surface area contributed by atoms with Gasteiger partial charge in [-0.25, -0.2) is 4.79 Å². The lowest BCUT2D eigenvalue weighted by Crippen LogP contribution is -2.32. The molecule has 0 fully saturated rings. The van der Waals surface area contributed by atoms with Gasteiger partial charge in [-0.1, -0.05) is 6.07 Å². The van der Waals surface area contributed by atoms with Crippen LogP contribution >= 0.6 is 0 Å². The van der Waals surface area contributed by atoms with E-state index in [9.17, 15) is 24.5 Å². The molecular weight excluding hydrogens is 342 g/mol. The summed E-state index contributed by atoms with van der Waals surface area (Å²) >= 11 is 0. The van der Waals surface area contributed by atoms with Crippen LogP contribution in [0.1, 0.15) is 10.4 Å². The zero-order chi connectivity index (χ0) is 18.7. The average Bonchev–Trinajstić information content (AvgIpc) is 2.99. The molecule has 4 N–H and O–H groups in total. The quantitative estimate of drug-likeness (QED) is 0.400. The topological polar surface area (TPSA) is 150 Å². The monoisotopic (exact) mass is 355 g/mol. The molecule has 1 heterocycles. The van der Waals surface area contributed by atoms with E-state index in [4.69, 9.17) is 0 Å². The van der Waals surface area contributed by atoms with Gasteiger partial charge in [-0.2, -0.15) is 0 Å². The van der Waals surface area contributed by atoms with Gasteiger partial charge in [0.1, 0.15) is 0 Å². The number of aromatic nitrogens is 2. The molecule has 0 bridgehead atoms. The highest BCUT2D eigenvalue weighted by atomic mass is 16.6. The largest absolute Gasteiger partial charge is 0.343 e. The number of carbonyl (C=O) groups excluding carboxylic acids is 2. The average molecular weight is 355 g/mol. The van der Waals surface area contributed by atoms with Crippen LogP contribution in [0.15, 0.2) is 47.3 Å². The van der Waals surface area contributed by atoms with Crippen molar-refractivity contribution < 1.29 is 14.5 Å². The summed E-state index contributed by atoms with van der Waals surface area (Å²) < 4.78 is 0. The van der Waals surface area contributed by atoms with Crippen molar-refractivity contribution in [1.29, 1.82) is 0 Å². The van der Waals surface area contributed by atoms with E-state index in [0.717, 1.165) is 6.07 Å². The van der Waals surface area contributed by atoms with Gasteiger partial charge in [-0.15, -0.1) is 0 Å². The summed E-state index contributed by atoms with van der Waals surface area (Å²) in [6.45, 7) is -0.316. The number of nitrogens with zero attached hydrogens (tertiary/aromatic N) is 1. The fraction of sp³-hybridized carbons (Fsp3) is 0.0625. The predicted molar refractivity (Wildman–Crippen MR) is 93.0 cm³/mol. The fourth-order valence-electron chi connectivity index (χ4n) is 2.34. The number of carbonyl (C=O) groups is 2. The molecule has 0 unspecified atom stereocenters. The zero-order valence-corrected chi connectivity index (χ0v) is 13.2. The number of hydrogen-bond donors (Lipinski definition) is 4. The number of nitro groups is 1. The maximum Gasteiger partial charge on any atom is 0.323 e. The van der Waals surface area contributed by atoms with Crippen molar-refractivity contribution in [3.63, 3.8) is 0 Å². The summed E-state index contributed by atoms with van der Waals surface area (Å²) in [6.07, 6.45) is 0. The van der Waals surface area contributed by atoms with Crippen LogP contribution in [0.4, 0.5) is 11.4 Å². The summed E-state index contributed by atoms with van der Waals surface area (Å²) in [5, 5.41) is 15.7. The van der Waals surface area contributed by atoms with Gasteiger partial charge in [0.05, 0.1) is 22.5 Å². The zero-order valence-electron chi connectivity index (χ0n) is 13.2. The van der Waals surface area contributed by atoms with E-state index in [1.165, 1.54) is 18.2 Å². The second-order valence-electron chi connectivity index (χ2n) is 5.38. The summed E-state index contributed by atoms with van der Waals surface area (Å²) in [5.41, 5.74) is 1.10. The molecular formula is C16H13N5O5. The van der Waals surface area contributed by atoms with E-state index in [0.29, 0.717) is 16.7 Å². The number of nitro benzene ring substituents is 1. The molecule has 0 spiro atoms. The molecule has 0 saturated carbocycles. The summed E-state index contributed by atoms with van der Waals surface area (Å²) in [7, 11) is 0. The lowest BCUT2D eigenvalue weighted by atomic mass is 10.2. The van der Waals surface area contributed by atoms with Crippen LogP contribution in [0, 0.1) is 10.1 Å². The van der Waals surface area contributed by atoms with Gasteiger partial charge in [0.25, 0.3) is 11.6 Å². The molecule has 26 heavy (non-hydrogen) atoms. The number of fused-ring (bicyclic) bond motifs is 1. The van der Waals surface area contributed by atoms with E-state index in [2.05, 4.69) is 20.6 Å². The second-order valence-corrected chi connectivity index (χ2v) is 5.38. The number of rotatable bonds is 5. The molecule has 3 rings (SSSR count). The standard InChI is InChI=1S/C16H13N5O5/c22-14(18-10-4-5-12-13(7-10)20-16(24)19-12)8-17-15(23)9-2-1-3-11(6-9)21(25)26/h1-7H,8H2,(H,17,23)(H,18,22)(H2,19,20,24). The maximum absolute atomic E-state index is 12.0. The van der Waals surface area contributed by atoms with Gasteiger partial charge in [-0.3, -0.25) is 19.7 Å². The number of hydrogen-bond acceptors (Lipinski definition) is 5. The van der Waals surface area contributed by atoms with Crippen LogP contribution in [-0.4, -0.2) is 33.3 Å². The van der Waals surface area contributed by atoms with Crippen molar-refractivity contribution in [2.24, 2.45) is 0 Å². The van der Waals surface area contributed by atoms with Crippen LogP contribution in [0.3, 0.4) is 0 Å². The fourth-order valence-corrected chi connectivity index (χ4v) is 2.34. The number of non-ortho nitro benzene ring substituents is 1. The Labute approximate surface area is 145 Å². The Morgan fingerprint density at radius 1 is 1.08 bits per heavy atom. The van der Waals surface area contributed by atoms with E-state index in [1.807, 2.05) is 0 Å². The van der Waals surface area contributed by atoms with Crippen molar-refractivity contribution in [2.75, 3.05) is 11.9 Å². The first-order chi connectivity index (χ1) is 12.4. The Kier molecular flexibility index (Phi) is 4.48. The first-order valence-corrected chi connectivity index (χ1v) is 7.47. The number of aromatic amines is 2. The van der Waals surface area contributed by atoms with E-state index in [-0.39, 0.29) is 23.5 Å². The van der Waals surface area contributed by atoms with Crippen LogP contribution in [0.25, 0.3) is 11.0 Å². The highest BCUT2D eigenvalue weighted by Crippen LogP contribution is 2.15. The first-order valence-electron chi connectivity index (χ1n) is 7.47. The molecule has 3 aromatic rings. The van der Waals surface area contributed by atoms with Gasteiger partial charge in [0, 0.05) is 23.4 Å². The van der Waals surface area contributed by atoms with E-state index in [1.54, 1.807) is 18.2 Å². The van der Waals surface area contributed by atoms with E-state index >= 15 is 0 Å². The van der Waals surface area contributed by atoms with Crippen molar-refractivity contribution in [3.8, 4) is 0 Å².